The van der Waals surface area contributed by atoms with E-state index < -0.39 is 26.7 Å². The van der Waals surface area contributed by atoms with Gasteiger partial charge < -0.3 is 4.74 Å². The Morgan fingerprint density at radius 1 is 1.00 bits per heavy atom. The van der Waals surface area contributed by atoms with Crippen molar-refractivity contribution in [1.82, 2.24) is 4.98 Å². The van der Waals surface area contributed by atoms with Crippen molar-refractivity contribution in [1.29, 1.82) is 0 Å². The highest BCUT2D eigenvalue weighted by Crippen LogP contribution is 2.38. The van der Waals surface area contributed by atoms with E-state index in [1.807, 2.05) is 0 Å². The first kappa shape index (κ1) is 19.0. The molecule has 3 rings (SSSR count). The summed E-state index contributed by atoms with van der Waals surface area (Å²) >= 11 is 0. The molecular formula is C20H17F2NO3S. The highest BCUT2D eigenvalue weighted by atomic mass is 32.2. The molecule has 1 heterocycles. The molecule has 4 nitrogen and oxygen atoms in total. The Labute approximate surface area is 156 Å². The number of ether oxygens (including phenoxy) is 1. The Morgan fingerprint density at radius 2 is 1.70 bits per heavy atom. The van der Waals surface area contributed by atoms with Gasteiger partial charge in [-0.3, -0.25) is 4.98 Å². The van der Waals surface area contributed by atoms with Crippen molar-refractivity contribution in [2.75, 3.05) is 7.11 Å². The quantitative estimate of drug-likeness (QED) is 0.655. The lowest BCUT2D eigenvalue weighted by molar-refractivity contribution is 0.414. The number of benzene rings is 2. The molecule has 27 heavy (non-hydrogen) atoms. The van der Waals surface area contributed by atoms with Gasteiger partial charge in [-0.15, -0.1) is 0 Å². The van der Waals surface area contributed by atoms with Gasteiger partial charge in [-0.05, 0) is 66.6 Å². The first-order valence-corrected chi connectivity index (χ1v) is 9.62. The third-order valence-corrected chi connectivity index (χ3v) is 6.36. The molecule has 0 bridgehead atoms. The summed E-state index contributed by atoms with van der Waals surface area (Å²) in [5.41, 5.74) is 0.635. The fraction of sp³-hybridized carbons (Fsp3) is 0.150. The Morgan fingerprint density at radius 3 is 2.33 bits per heavy atom. The van der Waals surface area contributed by atoms with Gasteiger partial charge in [-0.2, -0.15) is 0 Å². The highest BCUT2D eigenvalue weighted by molar-refractivity contribution is 7.92. The molecule has 0 fully saturated rings. The van der Waals surface area contributed by atoms with Crippen LogP contribution in [-0.4, -0.2) is 20.5 Å². The van der Waals surface area contributed by atoms with E-state index in [2.05, 4.69) is 4.98 Å². The van der Waals surface area contributed by atoms with Gasteiger partial charge in [0, 0.05) is 18.0 Å². The number of hydrogen-bond donors (Lipinski definition) is 0. The Bertz CT molecular complexity index is 1070. The van der Waals surface area contributed by atoms with Crippen molar-refractivity contribution in [3.63, 3.8) is 0 Å². The van der Waals surface area contributed by atoms with Gasteiger partial charge >= 0.3 is 0 Å². The van der Waals surface area contributed by atoms with E-state index in [1.165, 1.54) is 43.8 Å². The van der Waals surface area contributed by atoms with Crippen molar-refractivity contribution in [2.45, 2.75) is 17.1 Å². The number of aromatic nitrogens is 1. The van der Waals surface area contributed by atoms with Crippen LogP contribution in [-0.2, 0) is 9.84 Å². The fourth-order valence-corrected chi connectivity index (χ4v) is 4.75. The molecule has 0 saturated heterocycles. The van der Waals surface area contributed by atoms with Crippen LogP contribution >= 0.6 is 0 Å². The summed E-state index contributed by atoms with van der Waals surface area (Å²) in [6.45, 7) is 1.70. The number of halogens is 2. The number of aryl methyl sites for hydroxylation is 1. The van der Waals surface area contributed by atoms with Gasteiger partial charge in [0.1, 0.15) is 22.6 Å². The van der Waals surface area contributed by atoms with Crippen LogP contribution in [0.15, 0.2) is 65.8 Å². The van der Waals surface area contributed by atoms with Crippen molar-refractivity contribution in [2.24, 2.45) is 0 Å². The lowest BCUT2D eigenvalue weighted by Crippen LogP contribution is -2.18. The Balaban J connectivity index is 2.26. The Hall–Kier alpha value is -2.80. The molecule has 1 aromatic heterocycles. The monoisotopic (exact) mass is 389 g/mol. The molecule has 1 atom stereocenters. The van der Waals surface area contributed by atoms with E-state index in [4.69, 9.17) is 4.74 Å². The molecule has 1 unspecified atom stereocenters. The largest absolute Gasteiger partial charge is 0.497 e. The number of hydrogen-bond acceptors (Lipinski definition) is 4. The summed E-state index contributed by atoms with van der Waals surface area (Å²) in [6.07, 6.45) is 2.88. The van der Waals surface area contributed by atoms with Crippen molar-refractivity contribution >= 4 is 9.84 Å². The summed E-state index contributed by atoms with van der Waals surface area (Å²) in [5.74, 6) is -1.04. The molecule has 0 radical (unpaired) electrons. The molecule has 0 N–H and O–H groups in total. The van der Waals surface area contributed by atoms with Crippen LogP contribution < -0.4 is 4.74 Å². The SMILES string of the molecule is COc1ccc(S(=O)(=O)C(c2cnccc2C)c2cc(F)ccc2F)cc1. The van der Waals surface area contributed by atoms with Crippen LogP contribution in [0.1, 0.15) is 21.9 Å². The van der Waals surface area contributed by atoms with Crippen molar-refractivity contribution in [3.05, 3.63) is 89.2 Å². The van der Waals surface area contributed by atoms with Crippen LogP contribution in [0.4, 0.5) is 8.78 Å². The molecule has 0 amide bonds. The van der Waals surface area contributed by atoms with Gasteiger partial charge in [0.25, 0.3) is 0 Å². The molecule has 2 aromatic carbocycles. The number of pyridine rings is 1. The van der Waals surface area contributed by atoms with Crippen molar-refractivity contribution in [3.8, 4) is 5.75 Å². The molecule has 0 aliphatic carbocycles. The normalized spacial score (nSPS) is 12.6. The predicted molar refractivity (Wildman–Crippen MR) is 97.4 cm³/mol. The smallest absolute Gasteiger partial charge is 0.189 e. The maximum Gasteiger partial charge on any atom is 0.189 e. The standard InChI is InChI=1S/C20H17F2NO3S/c1-13-9-10-23-12-18(13)20(17-11-14(21)3-8-19(17)22)27(24,25)16-6-4-15(26-2)5-7-16/h3-12,20H,1-2H3. The van der Waals surface area contributed by atoms with E-state index in [0.717, 1.165) is 18.2 Å². The zero-order chi connectivity index (χ0) is 19.6. The average molecular weight is 389 g/mol. The minimum atomic E-state index is -4.10. The third kappa shape index (κ3) is 3.68. The topological polar surface area (TPSA) is 56.3 Å². The second-order valence-electron chi connectivity index (χ2n) is 6.00. The second-order valence-corrected chi connectivity index (χ2v) is 8.03. The van der Waals surface area contributed by atoms with Gasteiger partial charge in [0.15, 0.2) is 9.84 Å². The van der Waals surface area contributed by atoms with E-state index in [-0.39, 0.29) is 16.0 Å². The third-order valence-electron chi connectivity index (χ3n) is 4.30. The van der Waals surface area contributed by atoms with Crippen LogP contribution in [0.25, 0.3) is 0 Å². The van der Waals surface area contributed by atoms with Crippen LogP contribution in [0.3, 0.4) is 0 Å². The lowest BCUT2D eigenvalue weighted by Gasteiger charge is -2.21. The number of methoxy groups -OCH3 is 1. The number of sulfone groups is 1. The highest BCUT2D eigenvalue weighted by Gasteiger charge is 2.34. The molecule has 0 spiro atoms. The van der Waals surface area contributed by atoms with Crippen LogP contribution in [0.2, 0.25) is 0 Å². The first-order valence-electron chi connectivity index (χ1n) is 8.08. The predicted octanol–water partition coefficient (Wildman–Crippen LogP) is 4.24. The fourth-order valence-electron chi connectivity index (χ4n) is 2.87. The van der Waals surface area contributed by atoms with Crippen molar-refractivity contribution < 1.29 is 21.9 Å². The molecule has 0 saturated carbocycles. The number of rotatable bonds is 5. The zero-order valence-electron chi connectivity index (χ0n) is 14.7. The maximum atomic E-state index is 14.5. The van der Waals surface area contributed by atoms with Crippen LogP contribution in [0.5, 0.6) is 5.75 Å². The summed E-state index contributed by atoms with van der Waals surface area (Å²) < 4.78 is 60.2. The zero-order valence-corrected chi connectivity index (χ0v) is 15.5. The van der Waals surface area contributed by atoms with E-state index in [1.54, 1.807) is 13.0 Å². The van der Waals surface area contributed by atoms with Gasteiger partial charge in [-0.1, -0.05) is 0 Å². The molecule has 140 valence electrons. The summed E-state index contributed by atoms with van der Waals surface area (Å²) in [7, 11) is -2.63. The molecule has 7 heteroatoms. The molecule has 3 aromatic rings. The molecular weight excluding hydrogens is 372 g/mol. The minimum Gasteiger partial charge on any atom is -0.497 e. The van der Waals surface area contributed by atoms with Crippen LogP contribution in [0, 0.1) is 18.6 Å². The summed E-state index contributed by atoms with van der Waals surface area (Å²) in [6, 6.07) is 10.2. The maximum absolute atomic E-state index is 14.5. The Kier molecular flexibility index (Phi) is 5.23. The first-order chi connectivity index (χ1) is 12.8. The average Bonchev–Trinajstić information content (AvgIpc) is 2.66. The summed E-state index contributed by atoms with van der Waals surface area (Å²) in [5, 5.41) is -1.43. The second kappa shape index (κ2) is 7.44. The summed E-state index contributed by atoms with van der Waals surface area (Å²) in [4.78, 5) is 3.95. The van der Waals surface area contributed by atoms with Gasteiger partial charge in [0.05, 0.1) is 12.0 Å². The number of nitrogens with zero attached hydrogens (tertiary/aromatic N) is 1. The van der Waals surface area contributed by atoms with Gasteiger partial charge in [0.2, 0.25) is 0 Å². The van der Waals surface area contributed by atoms with E-state index >= 15 is 0 Å². The minimum absolute atomic E-state index is 0.0276. The molecule has 0 aliphatic rings. The van der Waals surface area contributed by atoms with E-state index in [0.29, 0.717) is 11.3 Å². The lowest BCUT2D eigenvalue weighted by atomic mass is 10.0. The van der Waals surface area contributed by atoms with Gasteiger partial charge in [-0.25, -0.2) is 17.2 Å². The molecule has 0 aliphatic heterocycles. The van der Waals surface area contributed by atoms with E-state index in [9.17, 15) is 17.2 Å².